The monoisotopic (exact) mass is 184 g/mol. The van der Waals surface area contributed by atoms with Crippen LogP contribution in [0.25, 0.3) is 0 Å². The molecule has 0 aromatic rings. The molecule has 1 heterocycles. The maximum Gasteiger partial charge on any atom is 0.333 e. The van der Waals surface area contributed by atoms with Gasteiger partial charge in [-0.1, -0.05) is 13.0 Å². The summed E-state index contributed by atoms with van der Waals surface area (Å²) in [5, 5.41) is 0. The molecule has 1 rings (SSSR count). The van der Waals surface area contributed by atoms with Crippen LogP contribution in [0.2, 0.25) is 0 Å². The van der Waals surface area contributed by atoms with Gasteiger partial charge in [0.2, 0.25) is 0 Å². The molecule has 1 atom stereocenters. The quantitative estimate of drug-likeness (QED) is 0.370. The molecule has 0 N–H and O–H groups in total. The van der Waals surface area contributed by atoms with Gasteiger partial charge in [0.25, 0.3) is 0 Å². The Morgan fingerprint density at radius 1 is 1.69 bits per heavy atom. The third kappa shape index (κ3) is 4.08. The third-order valence-electron chi connectivity index (χ3n) is 1.91. The maximum absolute atomic E-state index is 11.2. The van der Waals surface area contributed by atoms with Crippen LogP contribution in [0.1, 0.15) is 26.7 Å². The number of rotatable bonds is 5. The number of esters is 1. The largest absolute Gasteiger partial charge is 0.462 e. The van der Waals surface area contributed by atoms with Crippen molar-refractivity contribution in [3.63, 3.8) is 0 Å². The smallest absolute Gasteiger partial charge is 0.333 e. The lowest BCUT2D eigenvalue weighted by atomic mass is 10.2. The average Bonchev–Trinajstić information content (AvgIpc) is 2.88. The molecule has 0 amide bonds. The summed E-state index contributed by atoms with van der Waals surface area (Å²) in [5.74, 6) is -0.206. The first-order chi connectivity index (χ1) is 6.24. The van der Waals surface area contributed by atoms with E-state index in [1.165, 1.54) is 0 Å². The number of carbonyl (C=O) groups is 1. The summed E-state index contributed by atoms with van der Waals surface area (Å²) in [4.78, 5) is 11.2. The average molecular weight is 184 g/mol. The summed E-state index contributed by atoms with van der Waals surface area (Å²) in [6.07, 6.45) is 3.90. The van der Waals surface area contributed by atoms with E-state index in [0.717, 1.165) is 19.4 Å². The highest BCUT2D eigenvalue weighted by molar-refractivity contribution is 5.87. The van der Waals surface area contributed by atoms with Crippen molar-refractivity contribution in [2.24, 2.45) is 0 Å². The second kappa shape index (κ2) is 5.02. The Bertz CT molecular complexity index is 204. The summed E-state index contributed by atoms with van der Waals surface area (Å²) in [7, 11) is 0. The Labute approximate surface area is 78.7 Å². The van der Waals surface area contributed by atoms with Gasteiger partial charge in [0.05, 0.1) is 19.3 Å². The van der Waals surface area contributed by atoms with Gasteiger partial charge in [-0.25, -0.2) is 4.79 Å². The summed E-state index contributed by atoms with van der Waals surface area (Å²) in [6, 6.07) is 0. The van der Waals surface area contributed by atoms with Crippen LogP contribution in [0.3, 0.4) is 0 Å². The van der Waals surface area contributed by atoms with Crippen molar-refractivity contribution in [3.05, 3.63) is 11.6 Å². The Morgan fingerprint density at radius 2 is 2.38 bits per heavy atom. The molecule has 3 heteroatoms. The zero-order chi connectivity index (χ0) is 9.68. The van der Waals surface area contributed by atoms with Gasteiger partial charge in [-0.05, 0) is 13.3 Å². The molecule has 1 aliphatic heterocycles. The summed E-state index contributed by atoms with van der Waals surface area (Å²) >= 11 is 0. The van der Waals surface area contributed by atoms with Crippen molar-refractivity contribution < 1.29 is 14.3 Å². The van der Waals surface area contributed by atoms with Gasteiger partial charge in [0.1, 0.15) is 0 Å². The highest BCUT2D eigenvalue weighted by Gasteiger charge is 2.22. The zero-order valence-electron chi connectivity index (χ0n) is 8.21. The lowest BCUT2D eigenvalue weighted by Crippen LogP contribution is -2.08. The van der Waals surface area contributed by atoms with Crippen LogP contribution in [0, 0.1) is 0 Å². The molecule has 74 valence electrons. The highest BCUT2D eigenvalue weighted by atomic mass is 16.6. The van der Waals surface area contributed by atoms with Gasteiger partial charge in [0, 0.05) is 12.0 Å². The van der Waals surface area contributed by atoms with E-state index in [0.29, 0.717) is 18.3 Å². The molecule has 0 saturated carbocycles. The minimum absolute atomic E-state index is 0.206. The van der Waals surface area contributed by atoms with Gasteiger partial charge < -0.3 is 9.47 Å². The third-order valence-corrected chi connectivity index (χ3v) is 1.91. The Morgan fingerprint density at radius 3 is 2.92 bits per heavy atom. The molecule has 1 unspecified atom stereocenters. The Balaban J connectivity index is 2.11. The maximum atomic E-state index is 11.2. The van der Waals surface area contributed by atoms with E-state index in [-0.39, 0.29) is 5.97 Å². The molecule has 13 heavy (non-hydrogen) atoms. The van der Waals surface area contributed by atoms with Gasteiger partial charge in [0.15, 0.2) is 0 Å². The van der Waals surface area contributed by atoms with E-state index in [2.05, 4.69) is 0 Å². The van der Waals surface area contributed by atoms with E-state index in [9.17, 15) is 4.79 Å². The molecule has 0 aromatic heterocycles. The fourth-order valence-electron chi connectivity index (χ4n) is 1.02. The van der Waals surface area contributed by atoms with Crippen molar-refractivity contribution in [3.8, 4) is 0 Å². The first kappa shape index (κ1) is 10.3. The molecule has 1 fully saturated rings. The normalized spacial score (nSPS) is 21.4. The minimum Gasteiger partial charge on any atom is -0.462 e. The van der Waals surface area contributed by atoms with Crippen LogP contribution in [-0.4, -0.2) is 25.3 Å². The lowest BCUT2D eigenvalue weighted by Gasteiger charge is -2.02. The molecule has 1 saturated heterocycles. The summed E-state index contributed by atoms with van der Waals surface area (Å²) in [6.45, 7) is 5.06. The molecule has 0 spiro atoms. The minimum atomic E-state index is -0.206. The number of hydrogen-bond donors (Lipinski definition) is 0. The molecule has 0 radical (unpaired) electrons. The van der Waals surface area contributed by atoms with Crippen molar-refractivity contribution in [2.45, 2.75) is 32.8 Å². The van der Waals surface area contributed by atoms with Crippen molar-refractivity contribution >= 4 is 5.97 Å². The molecule has 0 aromatic carbocycles. The predicted molar refractivity (Wildman–Crippen MR) is 49.4 cm³/mol. The highest BCUT2D eigenvalue weighted by Crippen LogP contribution is 2.13. The number of allylic oxidation sites excluding steroid dienone is 1. The molecular weight excluding hydrogens is 168 g/mol. The number of epoxide rings is 1. The molecule has 0 aliphatic carbocycles. The zero-order valence-corrected chi connectivity index (χ0v) is 8.21. The topological polar surface area (TPSA) is 38.8 Å². The van der Waals surface area contributed by atoms with Gasteiger partial charge >= 0.3 is 5.97 Å². The number of hydrogen-bond acceptors (Lipinski definition) is 3. The first-order valence-electron chi connectivity index (χ1n) is 4.69. The van der Waals surface area contributed by atoms with E-state index >= 15 is 0 Å². The molecular formula is C10H16O3. The second-order valence-corrected chi connectivity index (χ2v) is 3.18. The Kier molecular flexibility index (Phi) is 3.96. The van der Waals surface area contributed by atoms with Crippen molar-refractivity contribution in [1.82, 2.24) is 0 Å². The van der Waals surface area contributed by atoms with Crippen LogP contribution in [0.4, 0.5) is 0 Å². The van der Waals surface area contributed by atoms with Crippen molar-refractivity contribution in [1.29, 1.82) is 0 Å². The summed E-state index contributed by atoms with van der Waals surface area (Å²) in [5.41, 5.74) is 0.694. The van der Waals surface area contributed by atoms with Gasteiger partial charge in [-0.2, -0.15) is 0 Å². The molecule has 1 aliphatic rings. The van der Waals surface area contributed by atoms with E-state index in [1.54, 1.807) is 6.92 Å². The standard InChI is InChI=1S/C10H16O3/c1-3-4-8(2)10(11)12-6-5-9-7-13-9/h4,9H,3,5-7H2,1-2H3. The second-order valence-electron chi connectivity index (χ2n) is 3.18. The SMILES string of the molecule is CCC=C(C)C(=O)OCCC1CO1. The van der Waals surface area contributed by atoms with Crippen molar-refractivity contribution in [2.75, 3.05) is 13.2 Å². The number of carbonyl (C=O) groups excluding carboxylic acids is 1. The van der Waals surface area contributed by atoms with Crippen LogP contribution in [-0.2, 0) is 14.3 Å². The van der Waals surface area contributed by atoms with Crippen LogP contribution >= 0.6 is 0 Å². The first-order valence-corrected chi connectivity index (χ1v) is 4.69. The van der Waals surface area contributed by atoms with E-state index in [1.807, 2.05) is 13.0 Å². The van der Waals surface area contributed by atoms with Crippen LogP contribution < -0.4 is 0 Å². The molecule has 0 bridgehead atoms. The fourth-order valence-corrected chi connectivity index (χ4v) is 1.02. The van der Waals surface area contributed by atoms with Crippen LogP contribution in [0.15, 0.2) is 11.6 Å². The van der Waals surface area contributed by atoms with Gasteiger partial charge in [-0.15, -0.1) is 0 Å². The van der Waals surface area contributed by atoms with E-state index < -0.39 is 0 Å². The fraction of sp³-hybridized carbons (Fsp3) is 0.700. The van der Waals surface area contributed by atoms with E-state index in [4.69, 9.17) is 9.47 Å². The lowest BCUT2D eigenvalue weighted by molar-refractivity contribution is -0.139. The van der Waals surface area contributed by atoms with Gasteiger partial charge in [-0.3, -0.25) is 0 Å². The predicted octanol–water partition coefficient (Wildman–Crippen LogP) is 1.67. The molecule has 3 nitrogen and oxygen atoms in total. The summed E-state index contributed by atoms with van der Waals surface area (Å²) < 4.78 is 10.0. The number of ether oxygens (including phenoxy) is 2. The Hall–Kier alpha value is -0.830. The van der Waals surface area contributed by atoms with Crippen LogP contribution in [0.5, 0.6) is 0 Å².